The first-order valence-electron chi connectivity index (χ1n) is 4.98. The molecule has 0 aliphatic heterocycles. The van der Waals surface area contributed by atoms with Crippen LogP contribution >= 0.6 is 0 Å². The van der Waals surface area contributed by atoms with Gasteiger partial charge in [-0.1, -0.05) is 43.0 Å². The molecule has 2 heteroatoms. The average molecular weight is 212 g/mol. The van der Waals surface area contributed by atoms with Gasteiger partial charge in [-0.3, -0.25) is 0 Å². The van der Waals surface area contributed by atoms with Gasteiger partial charge in [-0.05, 0) is 18.2 Å². The largest absolute Gasteiger partial charge is 0.504 e. The Morgan fingerprint density at radius 1 is 1.00 bits per heavy atom. The van der Waals surface area contributed by atoms with Gasteiger partial charge in [0.1, 0.15) is 5.75 Å². The summed E-state index contributed by atoms with van der Waals surface area (Å²) >= 11 is 0. The van der Waals surface area contributed by atoms with Crippen LogP contribution in [0.3, 0.4) is 0 Å². The van der Waals surface area contributed by atoms with Crippen LogP contribution in [-0.4, -0.2) is 5.11 Å². The molecule has 0 saturated carbocycles. The van der Waals surface area contributed by atoms with Crippen molar-refractivity contribution in [1.29, 1.82) is 0 Å². The summed E-state index contributed by atoms with van der Waals surface area (Å²) in [5.74, 6) is 1.23. The lowest BCUT2D eigenvalue weighted by Crippen LogP contribution is -1.87. The van der Waals surface area contributed by atoms with E-state index in [0.29, 0.717) is 11.5 Å². The lowest BCUT2D eigenvalue weighted by atomic mass is 10.2. The Kier molecular flexibility index (Phi) is 2.92. The van der Waals surface area contributed by atoms with Gasteiger partial charge in [-0.15, -0.1) is 0 Å². The SMILES string of the molecule is C=Cc1cccc(O)c1Oc1ccccc1. The van der Waals surface area contributed by atoms with Gasteiger partial charge in [0.25, 0.3) is 0 Å². The molecule has 0 unspecified atom stereocenters. The van der Waals surface area contributed by atoms with Gasteiger partial charge in [0.15, 0.2) is 11.5 Å². The molecule has 0 radical (unpaired) electrons. The minimum Gasteiger partial charge on any atom is -0.504 e. The Hall–Kier alpha value is -2.22. The Bertz CT molecular complexity index is 489. The molecule has 2 nitrogen and oxygen atoms in total. The van der Waals surface area contributed by atoms with Crippen molar-refractivity contribution in [1.82, 2.24) is 0 Å². The third-order valence-corrected chi connectivity index (χ3v) is 2.21. The normalized spacial score (nSPS) is 9.75. The second kappa shape index (κ2) is 4.53. The summed E-state index contributed by atoms with van der Waals surface area (Å²) in [6, 6.07) is 14.5. The number of hydrogen-bond donors (Lipinski definition) is 1. The zero-order valence-electron chi connectivity index (χ0n) is 8.76. The van der Waals surface area contributed by atoms with Gasteiger partial charge in [0, 0.05) is 5.56 Å². The molecular formula is C14H12O2. The van der Waals surface area contributed by atoms with E-state index >= 15 is 0 Å². The van der Waals surface area contributed by atoms with Crippen LogP contribution in [0.4, 0.5) is 0 Å². The molecule has 2 aromatic rings. The van der Waals surface area contributed by atoms with E-state index in [9.17, 15) is 5.11 Å². The fraction of sp³-hybridized carbons (Fsp3) is 0. The number of para-hydroxylation sites is 2. The quantitative estimate of drug-likeness (QED) is 0.837. The molecule has 0 aromatic heterocycles. The van der Waals surface area contributed by atoms with Crippen LogP contribution in [0.25, 0.3) is 6.08 Å². The van der Waals surface area contributed by atoms with Crippen LogP contribution in [0.1, 0.15) is 5.56 Å². The summed E-state index contributed by atoms with van der Waals surface area (Å²) in [4.78, 5) is 0. The average Bonchev–Trinajstić information content (AvgIpc) is 2.33. The van der Waals surface area contributed by atoms with Crippen molar-refractivity contribution in [2.24, 2.45) is 0 Å². The fourth-order valence-corrected chi connectivity index (χ4v) is 1.42. The van der Waals surface area contributed by atoms with Crippen LogP contribution < -0.4 is 4.74 Å². The molecule has 0 amide bonds. The van der Waals surface area contributed by atoms with Gasteiger partial charge in [0.2, 0.25) is 0 Å². The molecule has 0 heterocycles. The minimum absolute atomic E-state index is 0.112. The highest BCUT2D eigenvalue weighted by molar-refractivity contribution is 5.61. The van der Waals surface area contributed by atoms with Crippen molar-refractivity contribution < 1.29 is 9.84 Å². The topological polar surface area (TPSA) is 29.5 Å². The standard InChI is InChI=1S/C14H12O2/c1-2-11-7-6-10-13(15)14(11)16-12-8-4-3-5-9-12/h2-10,15H,1H2. The van der Waals surface area contributed by atoms with Crippen LogP contribution in [0.5, 0.6) is 17.2 Å². The van der Waals surface area contributed by atoms with E-state index in [4.69, 9.17) is 4.74 Å². The molecule has 0 fully saturated rings. The highest BCUT2D eigenvalue weighted by Gasteiger charge is 2.07. The van der Waals surface area contributed by atoms with Gasteiger partial charge in [-0.2, -0.15) is 0 Å². The number of benzene rings is 2. The summed E-state index contributed by atoms with van der Waals surface area (Å²) in [5, 5.41) is 9.71. The van der Waals surface area contributed by atoms with Gasteiger partial charge in [0.05, 0.1) is 0 Å². The summed E-state index contributed by atoms with van der Waals surface area (Å²) in [6.07, 6.45) is 1.65. The van der Waals surface area contributed by atoms with Crippen LogP contribution in [0.2, 0.25) is 0 Å². The number of rotatable bonds is 3. The van der Waals surface area contributed by atoms with Crippen LogP contribution in [-0.2, 0) is 0 Å². The molecular weight excluding hydrogens is 200 g/mol. The van der Waals surface area contributed by atoms with Crippen molar-refractivity contribution in [2.75, 3.05) is 0 Å². The zero-order chi connectivity index (χ0) is 11.4. The van der Waals surface area contributed by atoms with Gasteiger partial charge in [-0.25, -0.2) is 0 Å². The predicted molar refractivity (Wildman–Crippen MR) is 64.7 cm³/mol. The third-order valence-electron chi connectivity index (χ3n) is 2.21. The Balaban J connectivity index is 2.38. The number of ether oxygens (including phenoxy) is 1. The number of phenols is 1. The molecule has 0 aliphatic carbocycles. The minimum atomic E-state index is 0.112. The van der Waals surface area contributed by atoms with Gasteiger partial charge >= 0.3 is 0 Å². The maximum absolute atomic E-state index is 9.71. The van der Waals surface area contributed by atoms with Gasteiger partial charge < -0.3 is 9.84 Å². The summed E-state index contributed by atoms with van der Waals surface area (Å²) in [6.45, 7) is 3.68. The molecule has 0 bridgehead atoms. The monoisotopic (exact) mass is 212 g/mol. The van der Waals surface area contributed by atoms with Crippen molar-refractivity contribution >= 4 is 6.08 Å². The van der Waals surface area contributed by atoms with E-state index in [-0.39, 0.29) is 5.75 Å². The predicted octanol–water partition coefficient (Wildman–Crippen LogP) is 3.83. The van der Waals surface area contributed by atoms with E-state index in [0.717, 1.165) is 5.56 Å². The Morgan fingerprint density at radius 3 is 2.44 bits per heavy atom. The van der Waals surface area contributed by atoms with Crippen molar-refractivity contribution in [3.63, 3.8) is 0 Å². The first-order chi connectivity index (χ1) is 7.81. The van der Waals surface area contributed by atoms with E-state index < -0.39 is 0 Å². The summed E-state index contributed by atoms with van der Waals surface area (Å²) in [7, 11) is 0. The van der Waals surface area contributed by atoms with E-state index in [2.05, 4.69) is 6.58 Å². The van der Waals surface area contributed by atoms with Crippen molar-refractivity contribution in [3.8, 4) is 17.2 Å². The van der Waals surface area contributed by atoms with Crippen LogP contribution in [0, 0.1) is 0 Å². The van der Waals surface area contributed by atoms with E-state index in [1.165, 1.54) is 0 Å². The molecule has 16 heavy (non-hydrogen) atoms. The highest BCUT2D eigenvalue weighted by atomic mass is 16.5. The molecule has 1 N–H and O–H groups in total. The first kappa shape index (κ1) is 10.3. The van der Waals surface area contributed by atoms with Crippen LogP contribution in [0.15, 0.2) is 55.1 Å². The molecule has 0 saturated heterocycles. The lowest BCUT2D eigenvalue weighted by molar-refractivity contribution is 0.410. The third kappa shape index (κ3) is 2.06. The maximum Gasteiger partial charge on any atom is 0.176 e. The molecule has 80 valence electrons. The van der Waals surface area contributed by atoms with E-state index in [1.807, 2.05) is 36.4 Å². The summed E-state index contributed by atoms with van der Waals surface area (Å²) < 4.78 is 5.61. The maximum atomic E-state index is 9.71. The smallest absolute Gasteiger partial charge is 0.176 e. The van der Waals surface area contributed by atoms with Crippen molar-refractivity contribution in [3.05, 3.63) is 60.7 Å². The lowest BCUT2D eigenvalue weighted by Gasteiger charge is -2.10. The number of hydrogen-bond acceptors (Lipinski definition) is 2. The second-order valence-electron chi connectivity index (χ2n) is 3.31. The molecule has 2 aromatic carbocycles. The first-order valence-corrected chi connectivity index (χ1v) is 4.98. The molecule has 0 spiro atoms. The Labute approximate surface area is 94.4 Å². The summed E-state index contributed by atoms with van der Waals surface area (Å²) in [5.41, 5.74) is 0.767. The van der Waals surface area contributed by atoms with E-state index in [1.54, 1.807) is 18.2 Å². The zero-order valence-corrected chi connectivity index (χ0v) is 8.76. The number of phenolic OH excluding ortho intramolecular Hbond substituents is 1. The Morgan fingerprint density at radius 2 is 1.75 bits per heavy atom. The van der Waals surface area contributed by atoms with Crippen molar-refractivity contribution in [2.45, 2.75) is 0 Å². The molecule has 0 aliphatic rings. The second-order valence-corrected chi connectivity index (χ2v) is 3.31. The highest BCUT2D eigenvalue weighted by Crippen LogP contribution is 2.34. The fourth-order valence-electron chi connectivity index (χ4n) is 1.42. The number of aromatic hydroxyl groups is 1. The molecule has 2 rings (SSSR count). The molecule has 0 atom stereocenters.